The Balaban J connectivity index is 2.14. The Hall–Kier alpha value is -2.82. The molecule has 0 N–H and O–H groups in total. The first-order valence-electron chi connectivity index (χ1n) is 6.78. The third kappa shape index (κ3) is 2.41. The van der Waals surface area contributed by atoms with Crippen molar-refractivity contribution < 1.29 is 14.2 Å². The molecule has 3 rings (SSSR count). The van der Waals surface area contributed by atoms with Gasteiger partial charge in [0.1, 0.15) is 6.33 Å². The van der Waals surface area contributed by atoms with Gasteiger partial charge in [0.05, 0.1) is 32.2 Å². The third-order valence-corrected chi connectivity index (χ3v) is 3.51. The zero-order valence-corrected chi connectivity index (χ0v) is 12.7. The topological polar surface area (TPSA) is 53.5 Å². The Morgan fingerprint density at radius 2 is 1.45 bits per heavy atom. The molecule has 0 aliphatic carbocycles. The molecule has 0 saturated heterocycles. The van der Waals surface area contributed by atoms with E-state index in [1.807, 2.05) is 36.4 Å². The van der Waals surface area contributed by atoms with Gasteiger partial charge in [0, 0.05) is 0 Å². The number of rotatable bonds is 4. The smallest absolute Gasteiger partial charge is 0.224 e. The van der Waals surface area contributed by atoms with Crippen molar-refractivity contribution in [2.45, 2.75) is 0 Å². The van der Waals surface area contributed by atoms with Gasteiger partial charge in [-0.15, -0.1) is 0 Å². The number of hydrogen-bond acceptors (Lipinski definition) is 5. The second-order valence-corrected chi connectivity index (χ2v) is 4.68. The highest BCUT2D eigenvalue weighted by Gasteiger charge is 2.09. The quantitative estimate of drug-likeness (QED) is 0.739. The summed E-state index contributed by atoms with van der Waals surface area (Å²) in [5, 5.41) is 0.872. The standard InChI is InChI=1S/C17H16N2O3/c1-20-15-7-5-12(9-16(15)21-2)11-4-6-14-13(8-11)17(22-3)19-10-18-14/h4-10H,1-3H3. The van der Waals surface area contributed by atoms with Gasteiger partial charge in [-0.2, -0.15) is 0 Å². The lowest BCUT2D eigenvalue weighted by Crippen LogP contribution is -1.92. The molecule has 0 fully saturated rings. The molecule has 0 unspecified atom stereocenters. The van der Waals surface area contributed by atoms with E-state index in [4.69, 9.17) is 14.2 Å². The minimum absolute atomic E-state index is 0.562. The van der Waals surface area contributed by atoms with Crippen molar-refractivity contribution in [1.82, 2.24) is 9.97 Å². The van der Waals surface area contributed by atoms with E-state index >= 15 is 0 Å². The Labute approximate surface area is 128 Å². The fraction of sp³-hybridized carbons (Fsp3) is 0.176. The van der Waals surface area contributed by atoms with E-state index in [0.29, 0.717) is 17.4 Å². The first-order chi connectivity index (χ1) is 10.8. The molecule has 1 aromatic heterocycles. The minimum atomic E-state index is 0.562. The van der Waals surface area contributed by atoms with E-state index in [1.54, 1.807) is 21.3 Å². The lowest BCUT2D eigenvalue weighted by molar-refractivity contribution is 0.355. The fourth-order valence-corrected chi connectivity index (χ4v) is 2.39. The van der Waals surface area contributed by atoms with E-state index in [1.165, 1.54) is 6.33 Å². The molecule has 0 spiro atoms. The van der Waals surface area contributed by atoms with Gasteiger partial charge < -0.3 is 14.2 Å². The maximum absolute atomic E-state index is 5.36. The average molecular weight is 296 g/mol. The second kappa shape index (κ2) is 5.89. The van der Waals surface area contributed by atoms with Crippen molar-refractivity contribution in [3.63, 3.8) is 0 Å². The van der Waals surface area contributed by atoms with Crippen LogP contribution in [0.25, 0.3) is 22.0 Å². The molecule has 5 heteroatoms. The highest BCUT2D eigenvalue weighted by molar-refractivity contribution is 5.88. The second-order valence-electron chi connectivity index (χ2n) is 4.68. The Kier molecular flexibility index (Phi) is 3.78. The van der Waals surface area contributed by atoms with Crippen LogP contribution in [0.1, 0.15) is 0 Å². The summed E-state index contributed by atoms with van der Waals surface area (Å²) in [6.07, 6.45) is 1.50. The van der Waals surface area contributed by atoms with Gasteiger partial charge in [0.25, 0.3) is 0 Å². The number of hydrogen-bond donors (Lipinski definition) is 0. The molecule has 5 nitrogen and oxygen atoms in total. The zero-order valence-electron chi connectivity index (χ0n) is 12.7. The molecule has 112 valence electrons. The number of aromatic nitrogens is 2. The molecule has 0 aliphatic rings. The SMILES string of the molecule is COc1ccc(-c2ccc3ncnc(OC)c3c2)cc1OC. The van der Waals surface area contributed by atoms with E-state index in [9.17, 15) is 0 Å². The van der Waals surface area contributed by atoms with Crippen molar-refractivity contribution in [3.8, 4) is 28.5 Å². The summed E-state index contributed by atoms with van der Waals surface area (Å²) in [4.78, 5) is 8.39. The molecule has 0 saturated carbocycles. The van der Waals surface area contributed by atoms with Gasteiger partial charge in [-0.05, 0) is 35.4 Å². The monoisotopic (exact) mass is 296 g/mol. The van der Waals surface area contributed by atoms with Crippen LogP contribution >= 0.6 is 0 Å². The number of fused-ring (bicyclic) bond motifs is 1. The van der Waals surface area contributed by atoms with Crippen molar-refractivity contribution in [2.75, 3.05) is 21.3 Å². The van der Waals surface area contributed by atoms with Crippen LogP contribution in [0.2, 0.25) is 0 Å². The van der Waals surface area contributed by atoms with Crippen molar-refractivity contribution in [3.05, 3.63) is 42.7 Å². The van der Waals surface area contributed by atoms with E-state index in [-0.39, 0.29) is 0 Å². The largest absolute Gasteiger partial charge is 0.493 e. The van der Waals surface area contributed by atoms with Crippen LogP contribution in [0.5, 0.6) is 17.4 Å². The summed E-state index contributed by atoms with van der Waals surface area (Å²) < 4.78 is 15.9. The summed E-state index contributed by atoms with van der Waals surface area (Å²) in [5.41, 5.74) is 2.89. The maximum Gasteiger partial charge on any atom is 0.224 e. The van der Waals surface area contributed by atoms with E-state index in [2.05, 4.69) is 9.97 Å². The molecule has 1 heterocycles. The summed E-state index contributed by atoms with van der Waals surface area (Å²) >= 11 is 0. The van der Waals surface area contributed by atoms with Crippen LogP contribution in [-0.2, 0) is 0 Å². The molecular formula is C17H16N2O3. The van der Waals surface area contributed by atoms with E-state index in [0.717, 1.165) is 22.0 Å². The predicted molar refractivity (Wildman–Crippen MR) is 84.6 cm³/mol. The molecule has 0 aliphatic heterocycles. The van der Waals surface area contributed by atoms with Crippen LogP contribution in [0, 0.1) is 0 Å². The van der Waals surface area contributed by atoms with Gasteiger partial charge in [-0.3, -0.25) is 0 Å². The Bertz CT molecular complexity index is 818. The van der Waals surface area contributed by atoms with E-state index < -0.39 is 0 Å². The number of benzene rings is 2. The van der Waals surface area contributed by atoms with Crippen LogP contribution in [0.3, 0.4) is 0 Å². The Morgan fingerprint density at radius 1 is 0.727 bits per heavy atom. The van der Waals surface area contributed by atoms with Gasteiger partial charge in [0.2, 0.25) is 5.88 Å². The van der Waals surface area contributed by atoms with Gasteiger partial charge in [-0.25, -0.2) is 9.97 Å². The molecule has 3 aromatic rings. The maximum atomic E-state index is 5.36. The van der Waals surface area contributed by atoms with Crippen LogP contribution in [0.15, 0.2) is 42.7 Å². The van der Waals surface area contributed by atoms with Crippen molar-refractivity contribution in [1.29, 1.82) is 0 Å². The highest BCUT2D eigenvalue weighted by atomic mass is 16.5. The molecule has 2 aromatic carbocycles. The van der Waals surface area contributed by atoms with Gasteiger partial charge in [-0.1, -0.05) is 12.1 Å². The van der Waals surface area contributed by atoms with Crippen molar-refractivity contribution in [2.24, 2.45) is 0 Å². The molecule has 0 atom stereocenters. The first-order valence-corrected chi connectivity index (χ1v) is 6.78. The average Bonchev–Trinajstić information content (AvgIpc) is 2.60. The van der Waals surface area contributed by atoms with Gasteiger partial charge in [0.15, 0.2) is 11.5 Å². The molecule has 0 bridgehead atoms. The fourth-order valence-electron chi connectivity index (χ4n) is 2.39. The summed E-state index contributed by atoms with van der Waals surface area (Å²) in [6, 6.07) is 11.8. The van der Waals surface area contributed by atoms with Crippen LogP contribution in [-0.4, -0.2) is 31.3 Å². The number of methoxy groups -OCH3 is 3. The number of nitrogens with zero attached hydrogens (tertiary/aromatic N) is 2. The summed E-state index contributed by atoms with van der Waals surface area (Å²) in [5.74, 6) is 1.96. The summed E-state index contributed by atoms with van der Waals surface area (Å²) in [7, 11) is 4.85. The molecule has 22 heavy (non-hydrogen) atoms. The van der Waals surface area contributed by atoms with Gasteiger partial charge >= 0.3 is 0 Å². The van der Waals surface area contributed by atoms with Crippen LogP contribution < -0.4 is 14.2 Å². The van der Waals surface area contributed by atoms with Crippen LogP contribution in [0.4, 0.5) is 0 Å². The lowest BCUT2D eigenvalue weighted by Gasteiger charge is -2.10. The van der Waals surface area contributed by atoms with Crippen molar-refractivity contribution >= 4 is 10.9 Å². The predicted octanol–water partition coefficient (Wildman–Crippen LogP) is 3.32. The number of ether oxygens (including phenoxy) is 3. The molecule has 0 radical (unpaired) electrons. The zero-order chi connectivity index (χ0) is 15.5. The Morgan fingerprint density at radius 3 is 2.18 bits per heavy atom. The first kappa shape index (κ1) is 14.1. The highest BCUT2D eigenvalue weighted by Crippen LogP contribution is 2.34. The molecular weight excluding hydrogens is 280 g/mol. The summed E-state index contributed by atoms with van der Waals surface area (Å²) in [6.45, 7) is 0. The lowest BCUT2D eigenvalue weighted by atomic mass is 10.0. The normalized spacial score (nSPS) is 10.5. The molecule has 0 amide bonds. The third-order valence-electron chi connectivity index (χ3n) is 3.51. The minimum Gasteiger partial charge on any atom is -0.493 e.